The summed E-state index contributed by atoms with van der Waals surface area (Å²) in [7, 11) is 8.10. The van der Waals surface area contributed by atoms with Crippen molar-refractivity contribution >= 4 is 0 Å². The summed E-state index contributed by atoms with van der Waals surface area (Å²) in [6.07, 6.45) is 0. The first-order chi connectivity index (χ1) is 16.5. The quantitative estimate of drug-likeness (QED) is 0.474. The molecule has 3 rings (SSSR count). The van der Waals surface area contributed by atoms with Crippen molar-refractivity contribution in [2.45, 2.75) is 0 Å². The van der Waals surface area contributed by atoms with Crippen molar-refractivity contribution in [3.8, 4) is 35.2 Å². The first-order valence-electron chi connectivity index (χ1n) is 11.4. The van der Waals surface area contributed by atoms with Gasteiger partial charge in [0.1, 0.15) is 24.7 Å². The predicted molar refractivity (Wildman–Crippen MR) is 139 cm³/mol. The second-order valence-corrected chi connectivity index (χ2v) is 8.38. The van der Waals surface area contributed by atoms with Gasteiger partial charge < -0.3 is 19.3 Å². The van der Waals surface area contributed by atoms with Crippen molar-refractivity contribution in [1.29, 1.82) is 0 Å². The van der Waals surface area contributed by atoms with Crippen LogP contribution in [0.4, 0.5) is 0 Å². The molecule has 4 nitrogen and oxygen atoms in total. The third-order valence-corrected chi connectivity index (χ3v) is 4.90. The van der Waals surface area contributed by atoms with Gasteiger partial charge in [0.2, 0.25) is 0 Å². The van der Waals surface area contributed by atoms with Crippen LogP contribution in [-0.2, 0) is 0 Å². The van der Waals surface area contributed by atoms with E-state index in [9.17, 15) is 0 Å². The summed E-state index contributed by atoms with van der Waals surface area (Å²) >= 11 is 0. The highest BCUT2D eigenvalue weighted by Crippen LogP contribution is 2.29. The van der Waals surface area contributed by atoms with E-state index in [1.807, 2.05) is 101 Å². The fourth-order valence-electron chi connectivity index (χ4n) is 2.99. The van der Waals surface area contributed by atoms with Gasteiger partial charge >= 0.3 is 0 Å². The van der Waals surface area contributed by atoms with Crippen molar-refractivity contribution < 1.29 is 9.47 Å². The van der Waals surface area contributed by atoms with Crippen LogP contribution >= 0.6 is 0 Å². The average molecular weight is 453 g/mol. The van der Waals surface area contributed by atoms with Crippen LogP contribution in [0.5, 0.6) is 11.5 Å². The molecule has 0 radical (unpaired) electrons. The third kappa shape index (κ3) is 8.34. The van der Waals surface area contributed by atoms with Gasteiger partial charge in [0.15, 0.2) is 0 Å². The van der Waals surface area contributed by atoms with E-state index in [4.69, 9.17) is 9.47 Å². The minimum Gasteiger partial charge on any atom is -0.491 e. The number of nitrogens with zero attached hydrogens (tertiary/aromatic N) is 2. The summed E-state index contributed by atoms with van der Waals surface area (Å²) in [5.74, 6) is 14.5. The summed E-state index contributed by atoms with van der Waals surface area (Å²) < 4.78 is 12.3. The van der Waals surface area contributed by atoms with Crippen LogP contribution in [0.2, 0.25) is 0 Å². The molecule has 0 aliphatic heterocycles. The van der Waals surface area contributed by atoms with Gasteiger partial charge in [0, 0.05) is 36.3 Å². The van der Waals surface area contributed by atoms with Gasteiger partial charge in [-0.2, -0.15) is 0 Å². The van der Waals surface area contributed by atoms with Crippen molar-refractivity contribution in [2.24, 2.45) is 0 Å². The molecular weight excluding hydrogens is 420 g/mol. The van der Waals surface area contributed by atoms with Crippen molar-refractivity contribution in [2.75, 3.05) is 54.5 Å². The van der Waals surface area contributed by atoms with Crippen LogP contribution in [0.1, 0.15) is 22.3 Å². The number of ether oxygens (including phenoxy) is 2. The Labute approximate surface area is 204 Å². The van der Waals surface area contributed by atoms with Crippen molar-refractivity contribution in [1.82, 2.24) is 9.80 Å². The lowest BCUT2D eigenvalue weighted by Crippen LogP contribution is -2.20. The van der Waals surface area contributed by atoms with E-state index >= 15 is 0 Å². The molecule has 0 spiro atoms. The summed E-state index contributed by atoms with van der Waals surface area (Å²) in [6.45, 7) is 2.72. The largest absolute Gasteiger partial charge is 0.491 e. The molecule has 0 fully saturated rings. The number of rotatable bonds is 8. The lowest BCUT2D eigenvalue weighted by atomic mass is 10.1. The molecule has 0 aliphatic rings. The molecule has 4 heteroatoms. The van der Waals surface area contributed by atoms with Gasteiger partial charge in [0.25, 0.3) is 0 Å². The maximum absolute atomic E-state index is 6.15. The lowest BCUT2D eigenvalue weighted by molar-refractivity contribution is 0.255. The third-order valence-electron chi connectivity index (χ3n) is 4.90. The highest BCUT2D eigenvalue weighted by atomic mass is 16.5. The summed E-state index contributed by atoms with van der Waals surface area (Å²) in [6, 6.07) is 23.8. The van der Waals surface area contributed by atoms with Crippen LogP contribution in [0.3, 0.4) is 0 Å². The first-order valence-corrected chi connectivity index (χ1v) is 11.4. The Hall–Kier alpha value is -3.70. The average Bonchev–Trinajstić information content (AvgIpc) is 2.83. The van der Waals surface area contributed by atoms with Gasteiger partial charge in [-0.15, -0.1) is 0 Å². The van der Waals surface area contributed by atoms with E-state index in [1.165, 1.54) is 0 Å². The Bertz CT molecular complexity index is 1070. The Morgan fingerprint density at radius 3 is 1.29 bits per heavy atom. The SMILES string of the molecule is CN(C)CCOc1cc(C#Cc2ccccc2)c(OCCN(C)C)cc1C#Cc1ccccc1. The normalized spacial score (nSPS) is 10.3. The molecule has 3 aromatic rings. The molecule has 3 aromatic carbocycles. The van der Waals surface area contributed by atoms with Crippen LogP contribution in [0, 0.1) is 23.7 Å². The molecule has 0 saturated carbocycles. The van der Waals surface area contributed by atoms with Crippen molar-refractivity contribution in [3.63, 3.8) is 0 Å². The van der Waals surface area contributed by atoms with Gasteiger partial charge in [-0.25, -0.2) is 0 Å². The molecule has 0 bridgehead atoms. The maximum atomic E-state index is 6.15. The molecule has 34 heavy (non-hydrogen) atoms. The first kappa shape index (κ1) is 24.9. The summed E-state index contributed by atoms with van der Waals surface area (Å²) in [5, 5.41) is 0. The second-order valence-electron chi connectivity index (χ2n) is 8.38. The molecular formula is C30H32N2O2. The summed E-state index contributed by atoms with van der Waals surface area (Å²) in [5.41, 5.74) is 3.47. The molecule has 0 aromatic heterocycles. The Balaban J connectivity index is 2.01. The van der Waals surface area contributed by atoms with E-state index < -0.39 is 0 Å². The fourth-order valence-corrected chi connectivity index (χ4v) is 2.99. The minimum absolute atomic E-state index is 0.555. The molecule has 0 N–H and O–H groups in total. The Morgan fingerprint density at radius 2 is 0.941 bits per heavy atom. The minimum atomic E-state index is 0.555. The van der Waals surface area contributed by atoms with E-state index in [1.54, 1.807) is 0 Å². The van der Waals surface area contributed by atoms with Gasteiger partial charge in [-0.3, -0.25) is 0 Å². The molecule has 0 aliphatic carbocycles. The second kappa shape index (κ2) is 13.1. The Kier molecular flexibility index (Phi) is 9.62. The standard InChI is InChI=1S/C30H32N2O2/c1-31(2)19-21-33-29-23-28(18-16-26-13-9-6-10-14-26)30(34-22-20-32(3)4)24-27(29)17-15-25-11-7-5-8-12-25/h5-14,23-24H,19-22H2,1-4H3. The van der Waals surface area contributed by atoms with Gasteiger partial charge in [0.05, 0.1) is 11.1 Å². The topological polar surface area (TPSA) is 24.9 Å². The number of hydrogen-bond acceptors (Lipinski definition) is 4. The Morgan fingerprint density at radius 1 is 0.559 bits per heavy atom. The highest BCUT2D eigenvalue weighted by molar-refractivity contribution is 5.60. The predicted octanol–water partition coefficient (Wildman–Crippen LogP) is 4.37. The number of hydrogen-bond donors (Lipinski definition) is 0. The molecule has 0 saturated heterocycles. The molecule has 0 atom stereocenters. The van der Waals surface area contributed by atoms with E-state index in [0.29, 0.717) is 24.7 Å². The molecule has 0 amide bonds. The monoisotopic (exact) mass is 452 g/mol. The molecule has 174 valence electrons. The van der Waals surface area contributed by atoms with Gasteiger partial charge in [-0.05, 0) is 52.5 Å². The summed E-state index contributed by atoms with van der Waals surface area (Å²) in [4.78, 5) is 4.17. The van der Waals surface area contributed by atoms with E-state index in [-0.39, 0.29) is 0 Å². The van der Waals surface area contributed by atoms with Crippen LogP contribution in [0.25, 0.3) is 0 Å². The number of likely N-dealkylation sites (N-methyl/N-ethyl adjacent to an activating group) is 2. The zero-order valence-corrected chi connectivity index (χ0v) is 20.5. The van der Waals surface area contributed by atoms with Crippen molar-refractivity contribution in [3.05, 3.63) is 95.1 Å². The van der Waals surface area contributed by atoms with E-state index in [2.05, 4.69) is 33.5 Å². The lowest BCUT2D eigenvalue weighted by Gasteiger charge is -2.16. The van der Waals surface area contributed by atoms with E-state index in [0.717, 1.165) is 35.3 Å². The van der Waals surface area contributed by atoms with Gasteiger partial charge in [-0.1, -0.05) is 60.1 Å². The maximum Gasteiger partial charge on any atom is 0.136 e. The smallest absolute Gasteiger partial charge is 0.136 e. The van der Waals surface area contributed by atoms with Crippen LogP contribution < -0.4 is 9.47 Å². The highest BCUT2D eigenvalue weighted by Gasteiger charge is 2.11. The fraction of sp³-hybridized carbons (Fsp3) is 0.267. The molecule has 0 unspecified atom stereocenters. The zero-order valence-electron chi connectivity index (χ0n) is 20.5. The zero-order chi connectivity index (χ0) is 24.2. The number of benzene rings is 3. The van der Waals surface area contributed by atoms with Crippen LogP contribution in [-0.4, -0.2) is 64.3 Å². The van der Waals surface area contributed by atoms with Crippen LogP contribution in [0.15, 0.2) is 72.8 Å². The molecule has 0 heterocycles.